The number of hydrogen-bond donors (Lipinski definition) is 1. The van der Waals surface area contributed by atoms with E-state index in [0.29, 0.717) is 0 Å². The van der Waals surface area contributed by atoms with Crippen molar-refractivity contribution in [3.8, 4) is 0 Å². The van der Waals surface area contributed by atoms with Crippen molar-refractivity contribution in [2.75, 3.05) is 0 Å². The first-order valence-electron chi connectivity index (χ1n) is 5.34. The van der Waals surface area contributed by atoms with Crippen molar-refractivity contribution in [3.05, 3.63) is 22.4 Å². The molecule has 0 saturated carbocycles. The largest absolute Gasteiger partial charge is 0.481 e. The first-order valence-corrected chi connectivity index (χ1v) is 6.22. The predicted molar refractivity (Wildman–Crippen MR) is 63.3 cm³/mol. The maximum atomic E-state index is 11.2. The molecule has 0 spiro atoms. The number of rotatable bonds is 6. The maximum Gasteiger partial charge on any atom is 0.309 e. The molecule has 0 aromatic carbocycles. The van der Waals surface area contributed by atoms with Crippen molar-refractivity contribution in [1.29, 1.82) is 0 Å². The van der Waals surface area contributed by atoms with Gasteiger partial charge in [0.1, 0.15) is 0 Å². The van der Waals surface area contributed by atoms with Gasteiger partial charge in [0.2, 0.25) is 0 Å². The average Bonchev–Trinajstić information content (AvgIpc) is 2.67. The van der Waals surface area contributed by atoms with Crippen LogP contribution in [0.2, 0.25) is 0 Å². The summed E-state index contributed by atoms with van der Waals surface area (Å²) >= 11 is 1.70. The van der Waals surface area contributed by atoms with Crippen molar-refractivity contribution in [2.45, 2.75) is 39.5 Å². The molecule has 2 nitrogen and oxygen atoms in total. The van der Waals surface area contributed by atoms with E-state index in [1.54, 1.807) is 11.3 Å². The second kappa shape index (κ2) is 5.31. The van der Waals surface area contributed by atoms with Crippen LogP contribution in [-0.4, -0.2) is 11.1 Å². The Morgan fingerprint density at radius 2 is 2.27 bits per heavy atom. The second-order valence-corrected chi connectivity index (χ2v) is 5.23. The van der Waals surface area contributed by atoms with Crippen LogP contribution < -0.4 is 0 Å². The highest BCUT2D eigenvalue weighted by atomic mass is 32.1. The number of carboxylic acids is 1. The molecule has 0 saturated heterocycles. The zero-order valence-electron chi connectivity index (χ0n) is 9.32. The van der Waals surface area contributed by atoms with Gasteiger partial charge < -0.3 is 5.11 Å². The van der Waals surface area contributed by atoms with Gasteiger partial charge in [-0.25, -0.2) is 0 Å². The third kappa shape index (κ3) is 3.34. The van der Waals surface area contributed by atoms with E-state index in [0.717, 1.165) is 25.7 Å². The molecule has 1 N–H and O–H groups in total. The highest BCUT2D eigenvalue weighted by Crippen LogP contribution is 2.30. The number of thiophene rings is 1. The Balaban J connectivity index is 2.56. The van der Waals surface area contributed by atoms with Crippen LogP contribution in [0.1, 0.15) is 38.0 Å². The highest BCUT2D eigenvalue weighted by molar-refractivity contribution is 7.09. The molecule has 0 aliphatic heterocycles. The van der Waals surface area contributed by atoms with E-state index in [9.17, 15) is 9.90 Å². The summed E-state index contributed by atoms with van der Waals surface area (Å²) in [5.41, 5.74) is -0.557. The SMILES string of the molecule is CCCC(C)(CCc1cccs1)C(=O)O. The van der Waals surface area contributed by atoms with Crippen LogP contribution in [0.15, 0.2) is 17.5 Å². The Kier molecular flexibility index (Phi) is 4.33. The van der Waals surface area contributed by atoms with Gasteiger partial charge in [0.25, 0.3) is 0 Å². The maximum absolute atomic E-state index is 11.2. The molecule has 0 aliphatic rings. The van der Waals surface area contributed by atoms with Gasteiger partial charge in [0, 0.05) is 4.88 Å². The van der Waals surface area contributed by atoms with E-state index in [-0.39, 0.29) is 0 Å². The smallest absolute Gasteiger partial charge is 0.309 e. The van der Waals surface area contributed by atoms with Gasteiger partial charge in [-0.05, 0) is 37.6 Å². The van der Waals surface area contributed by atoms with Crippen molar-refractivity contribution in [3.63, 3.8) is 0 Å². The summed E-state index contributed by atoms with van der Waals surface area (Å²) in [7, 11) is 0. The molecule has 0 radical (unpaired) electrons. The van der Waals surface area contributed by atoms with Crippen molar-refractivity contribution in [1.82, 2.24) is 0 Å². The Morgan fingerprint density at radius 3 is 2.73 bits per heavy atom. The second-order valence-electron chi connectivity index (χ2n) is 4.20. The van der Waals surface area contributed by atoms with Crippen LogP contribution in [0.3, 0.4) is 0 Å². The zero-order valence-corrected chi connectivity index (χ0v) is 10.1. The predicted octanol–water partition coefficient (Wildman–Crippen LogP) is 3.57. The lowest BCUT2D eigenvalue weighted by molar-refractivity contribution is -0.148. The van der Waals surface area contributed by atoms with Gasteiger partial charge in [-0.15, -0.1) is 11.3 Å². The van der Waals surface area contributed by atoms with E-state index in [2.05, 4.69) is 6.07 Å². The van der Waals surface area contributed by atoms with Gasteiger partial charge >= 0.3 is 5.97 Å². The first-order chi connectivity index (χ1) is 7.08. The fourth-order valence-electron chi connectivity index (χ4n) is 1.74. The van der Waals surface area contributed by atoms with Gasteiger partial charge in [-0.1, -0.05) is 19.4 Å². The summed E-state index contributed by atoms with van der Waals surface area (Å²) in [5.74, 6) is -0.666. The third-order valence-corrected chi connectivity index (χ3v) is 3.76. The summed E-state index contributed by atoms with van der Waals surface area (Å²) < 4.78 is 0. The number of carboxylic acid groups (broad SMARTS) is 1. The summed E-state index contributed by atoms with van der Waals surface area (Å²) in [5, 5.41) is 11.2. The van der Waals surface area contributed by atoms with Crippen LogP contribution in [0.5, 0.6) is 0 Å². The lowest BCUT2D eigenvalue weighted by Crippen LogP contribution is -2.27. The van der Waals surface area contributed by atoms with Crippen molar-refractivity contribution >= 4 is 17.3 Å². The van der Waals surface area contributed by atoms with Crippen molar-refractivity contribution < 1.29 is 9.90 Å². The molecule has 15 heavy (non-hydrogen) atoms. The zero-order chi connectivity index (χ0) is 11.3. The minimum Gasteiger partial charge on any atom is -0.481 e. The molecule has 1 aromatic heterocycles. The molecular weight excluding hydrogens is 208 g/mol. The fourth-order valence-corrected chi connectivity index (χ4v) is 2.45. The van der Waals surface area contributed by atoms with E-state index in [1.165, 1.54) is 4.88 Å². The summed E-state index contributed by atoms with van der Waals surface area (Å²) in [6.07, 6.45) is 3.29. The Morgan fingerprint density at radius 1 is 1.53 bits per heavy atom. The van der Waals surface area contributed by atoms with E-state index >= 15 is 0 Å². The monoisotopic (exact) mass is 226 g/mol. The molecule has 84 valence electrons. The minimum atomic E-state index is -0.666. The van der Waals surface area contributed by atoms with Gasteiger partial charge in [0.15, 0.2) is 0 Å². The lowest BCUT2D eigenvalue weighted by Gasteiger charge is -2.23. The molecule has 1 rings (SSSR count). The first kappa shape index (κ1) is 12.2. The number of aliphatic carboxylic acids is 1. The molecule has 1 atom stereocenters. The molecule has 1 heterocycles. The third-order valence-electron chi connectivity index (χ3n) is 2.82. The van der Waals surface area contributed by atoms with Crippen LogP contribution >= 0.6 is 11.3 Å². The summed E-state index contributed by atoms with van der Waals surface area (Å²) in [6, 6.07) is 4.08. The molecule has 0 amide bonds. The molecule has 0 aliphatic carbocycles. The number of hydrogen-bond acceptors (Lipinski definition) is 2. The Hall–Kier alpha value is -0.830. The molecule has 0 fully saturated rings. The minimum absolute atomic E-state index is 0.557. The average molecular weight is 226 g/mol. The molecular formula is C12H18O2S. The molecule has 1 unspecified atom stereocenters. The highest BCUT2D eigenvalue weighted by Gasteiger charge is 2.31. The fraction of sp³-hybridized carbons (Fsp3) is 0.583. The number of carbonyl (C=O) groups is 1. The van der Waals surface area contributed by atoms with Crippen LogP contribution in [0.25, 0.3) is 0 Å². The van der Waals surface area contributed by atoms with Gasteiger partial charge in [0.05, 0.1) is 5.41 Å². The number of aryl methyl sites for hydroxylation is 1. The Labute approximate surface area is 94.9 Å². The van der Waals surface area contributed by atoms with Gasteiger partial charge in [-0.2, -0.15) is 0 Å². The van der Waals surface area contributed by atoms with Crippen molar-refractivity contribution in [2.24, 2.45) is 5.41 Å². The van der Waals surface area contributed by atoms with E-state index in [4.69, 9.17) is 0 Å². The van der Waals surface area contributed by atoms with Gasteiger partial charge in [-0.3, -0.25) is 4.79 Å². The quantitative estimate of drug-likeness (QED) is 0.805. The summed E-state index contributed by atoms with van der Waals surface area (Å²) in [4.78, 5) is 12.5. The van der Waals surface area contributed by atoms with Crippen LogP contribution in [0, 0.1) is 5.41 Å². The standard InChI is InChI=1S/C12H18O2S/c1-3-7-12(2,11(13)14)8-6-10-5-4-9-15-10/h4-5,9H,3,6-8H2,1-2H3,(H,13,14). The van der Waals surface area contributed by atoms with E-state index < -0.39 is 11.4 Å². The topological polar surface area (TPSA) is 37.3 Å². The summed E-state index contributed by atoms with van der Waals surface area (Å²) in [6.45, 7) is 3.89. The molecule has 0 bridgehead atoms. The van der Waals surface area contributed by atoms with E-state index in [1.807, 2.05) is 25.3 Å². The Bertz CT molecular complexity index is 305. The molecule has 1 aromatic rings. The normalized spacial score (nSPS) is 14.8. The van der Waals surface area contributed by atoms with Crippen LogP contribution in [-0.2, 0) is 11.2 Å². The lowest BCUT2D eigenvalue weighted by atomic mass is 9.81. The molecule has 3 heteroatoms. The van der Waals surface area contributed by atoms with Crippen LogP contribution in [0.4, 0.5) is 0 Å².